The Morgan fingerprint density at radius 3 is 2.42 bits per heavy atom. The first kappa shape index (κ1) is 24.7. The van der Waals surface area contributed by atoms with E-state index in [-0.39, 0.29) is 29.9 Å². The molecule has 31 heavy (non-hydrogen) atoms. The summed E-state index contributed by atoms with van der Waals surface area (Å²) in [6.07, 6.45) is 2.03. The van der Waals surface area contributed by atoms with Gasteiger partial charge in [-0.25, -0.2) is 9.25 Å². The summed E-state index contributed by atoms with van der Waals surface area (Å²) in [6, 6.07) is 1.68. The maximum Gasteiger partial charge on any atom is 0.410 e. The molecule has 1 aromatic heterocycles. The predicted molar refractivity (Wildman–Crippen MR) is 131 cm³/mol. The van der Waals surface area contributed by atoms with E-state index in [0.29, 0.717) is 51.1 Å². The number of ether oxygens (including phenoxy) is 1. The molecule has 2 saturated heterocycles. The van der Waals surface area contributed by atoms with Gasteiger partial charge in [-0.05, 0) is 78.0 Å². The molecule has 0 saturated carbocycles. The van der Waals surface area contributed by atoms with Gasteiger partial charge in [0.05, 0.1) is 6.37 Å². The Hall–Kier alpha value is -0.940. The zero-order valence-electron chi connectivity index (χ0n) is 17.9. The highest BCUT2D eigenvalue weighted by Crippen LogP contribution is 2.29. The topological polar surface area (TPSA) is 96.8 Å². The van der Waals surface area contributed by atoms with Crippen LogP contribution in [0.25, 0.3) is 0 Å². The maximum absolute atomic E-state index is 12.7. The summed E-state index contributed by atoms with van der Waals surface area (Å²) in [5, 5.41) is 7.41. The molecule has 2 aliphatic heterocycles. The maximum atomic E-state index is 12.7. The van der Waals surface area contributed by atoms with Gasteiger partial charge in [0.2, 0.25) is 5.91 Å². The predicted octanol–water partition coefficient (Wildman–Crippen LogP) is 3.42. The lowest BCUT2D eigenvalue weighted by Gasteiger charge is -2.31. The SMILES string of the molecule is CC(C)(C)OC(=O)N1CCC(NC(=O)C2CCN(C(=O)c3cc(Br)n(PI)n3)CC2)C1. The van der Waals surface area contributed by atoms with E-state index < -0.39 is 5.60 Å². The Kier molecular flexibility index (Phi) is 8.23. The van der Waals surface area contributed by atoms with Crippen LogP contribution >= 0.6 is 44.3 Å². The van der Waals surface area contributed by atoms with Crippen molar-refractivity contribution >= 4 is 62.3 Å². The standard InChI is InChI=1S/C19H28BrIN5O4P/c1-19(2,3)30-18(29)25-9-6-13(11-25)22-16(27)12-4-7-24(8-5-12)17(28)14-10-15(20)26(23-14)31-21/h10,12-13,31H,4-9,11H2,1-3H3,(H,22,27). The summed E-state index contributed by atoms with van der Waals surface area (Å²) >= 11 is 5.62. The Bertz CT molecular complexity index is 838. The van der Waals surface area contributed by atoms with Gasteiger partial charge in [0.25, 0.3) is 5.91 Å². The van der Waals surface area contributed by atoms with Crippen LogP contribution in [0.5, 0.6) is 0 Å². The molecule has 12 heteroatoms. The third-order valence-electron chi connectivity index (χ3n) is 5.30. The number of hydrogen-bond donors (Lipinski definition) is 1. The number of amides is 3. The molecule has 1 N–H and O–H groups in total. The van der Waals surface area contributed by atoms with Crippen molar-refractivity contribution in [2.45, 2.75) is 51.7 Å². The van der Waals surface area contributed by atoms with Crippen LogP contribution in [0.15, 0.2) is 10.7 Å². The van der Waals surface area contributed by atoms with Gasteiger partial charge in [0.1, 0.15) is 10.2 Å². The number of aromatic nitrogens is 2. The second kappa shape index (κ2) is 10.3. The van der Waals surface area contributed by atoms with Crippen LogP contribution in [0.4, 0.5) is 4.79 Å². The molecule has 0 radical (unpaired) electrons. The molecule has 2 atom stereocenters. The summed E-state index contributed by atoms with van der Waals surface area (Å²) in [6.45, 7) is 7.62. The highest BCUT2D eigenvalue weighted by molar-refractivity contribution is 14.2. The lowest BCUT2D eigenvalue weighted by atomic mass is 9.95. The lowest BCUT2D eigenvalue weighted by Crippen LogP contribution is -2.46. The van der Waals surface area contributed by atoms with Gasteiger partial charge in [-0.2, -0.15) is 5.10 Å². The van der Waals surface area contributed by atoms with Crippen LogP contribution in [-0.2, 0) is 9.53 Å². The van der Waals surface area contributed by atoms with E-state index >= 15 is 0 Å². The zero-order chi connectivity index (χ0) is 22.8. The van der Waals surface area contributed by atoms with Gasteiger partial charge in [0, 0.05) is 44.2 Å². The van der Waals surface area contributed by atoms with Crippen LogP contribution in [0.3, 0.4) is 0 Å². The third-order valence-corrected chi connectivity index (χ3v) is 8.07. The monoisotopic (exact) mass is 627 g/mol. The number of carbonyl (C=O) groups is 3. The van der Waals surface area contributed by atoms with E-state index in [9.17, 15) is 14.4 Å². The molecule has 0 aliphatic carbocycles. The third kappa shape index (κ3) is 6.54. The van der Waals surface area contributed by atoms with Gasteiger partial charge in [-0.3, -0.25) is 9.59 Å². The molecular weight excluding hydrogens is 600 g/mol. The van der Waals surface area contributed by atoms with Crippen LogP contribution in [0.1, 0.15) is 50.5 Å². The fraction of sp³-hybridized carbons (Fsp3) is 0.684. The van der Waals surface area contributed by atoms with Crippen LogP contribution in [0.2, 0.25) is 0 Å². The van der Waals surface area contributed by atoms with Crippen molar-refractivity contribution in [3.05, 3.63) is 16.4 Å². The first-order valence-corrected chi connectivity index (χ1v) is 15.1. The summed E-state index contributed by atoms with van der Waals surface area (Å²) in [7, 11) is 0. The molecule has 3 amide bonds. The minimum Gasteiger partial charge on any atom is -0.444 e. The molecule has 2 unspecified atom stereocenters. The Morgan fingerprint density at radius 1 is 1.19 bits per heavy atom. The van der Waals surface area contributed by atoms with Crippen LogP contribution < -0.4 is 5.32 Å². The molecule has 172 valence electrons. The molecule has 1 aromatic rings. The van der Waals surface area contributed by atoms with Crippen molar-refractivity contribution < 1.29 is 19.1 Å². The van der Waals surface area contributed by atoms with Crippen molar-refractivity contribution in [1.82, 2.24) is 24.7 Å². The van der Waals surface area contributed by atoms with Gasteiger partial charge >= 0.3 is 6.09 Å². The molecule has 0 spiro atoms. The van der Waals surface area contributed by atoms with E-state index in [1.807, 2.05) is 20.8 Å². The summed E-state index contributed by atoms with van der Waals surface area (Å²) in [5.74, 6) is -0.224. The number of halogens is 2. The smallest absolute Gasteiger partial charge is 0.410 e. The molecular formula is C19H28BrIN5O4P. The number of likely N-dealkylation sites (tertiary alicyclic amines) is 2. The van der Waals surface area contributed by atoms with E-state index in [0.717, 1.165) is 11.0 Å². The first-order valence-electron chi connectivity index (χ1n) is 10.3. The van der Waals surface area contributed by atoms with E-state index in [1.165, 1.54) is 0 Å². The summed E-state index contributed by atoms with van der Waals surface area (Å²) in [5.41, 5.74) is -0.110. The number of piperidine rings is 1. The van der Waals surface area contributed by atoms with Gasteiger partial charge in [-0.15, -0.1) is 0 Å². The fourth-order valence-electron chi connectivity index (χ4n) is 3.72. The van der Waals surface area contributed by atoms with Crippen LogP contribution in [0, 0.1) is 5.92 Å². The molecule has 0 bridgehead atoms. The Morgan fingerprint density at radius 2 is 1.84 bits per heavy atom. The van der Waals surface area contributed by atoms with E-state index in [4.69, 9.17) is 4.74 Å². The Labute approximate surface area is 205 Å². The number of rotatable bonds is 4. The molecule has 3 rings (SSSR count). The fourth-order valence-corrected chi connectivity index (χ4v) is 6.67. The minimum absolute atomic E-state index is 0.00118. The zero-order valence-corrected chi connectivity index (χ0v) is 22.6. The van der Waals surface area contributed by atoms with E-state index in [1.54, 1.807) is 20.3 Å². The van der Waals surface area contributed by atoms with Crippen molar-refractivity contribution in [3.63, 3.8) is 0 Å². The second-order valence-electron chi connectivity index (χ2n) is 8.84. The summed E-state index contributed by atoms with van der Waals surface area (Å²) < 4.78 is 7.94. The number of carbonyl (C=O) groups excluding carboxylic acids is 3. The van der Waals surface area contributed by atoms with Gasteiger partial charge in [0.15, 0.2) is 5.69 Å². The lowest BCUT2D eigenvalue weighted by molar-refractivity contribution is -0.127. The highest BCUT2D eigenvalue weighted by atomic mass is 127. The quantitative estimate of drug-likeness (QED) is 0.408. The molecule has 2 fully saturated rings. The van der Waals surface area contributed by atoms with Gasteiger partial charge in [-0.1, -0.05) is 0 Å². The number of hydrogen-bond acceptors (Lipinski definition) is 5. The molecule has 2 aliphatic rings. The Balaban J connectivity index is 1.45. The number of nitrogens with one attached hydrogen (secondary N) is 1. The van der Waals surface area contributed by atoms with E-state index in [2.05, 4.69) is 48.4 Å². The first-order chi connectivity index (χ1) is 14.6. The molecule has 0 aromatic carbocycles. The van der Waals surface area contributed by atoms with Gasteiger partial charge < -0.3 is 19.9 Å². The van der Waals surface area contributed by atoms with Crippen LogP contribution in [-0.4, -0.2) is 75.1 Å². The molecule has 9 nitrogen and oxygen atoms in total. The number of nitrogens with zero attached hydrogens (tertiary/aromatic N) is 4. The normalized spacial score (nSPS) is 20.5. The largest absolute Gasteiger partial charge is 0.444 e. The van der Waals surface area contributed by atoms with Crippen molar-refractivity contribution in [1.29, 1.82) is 0 Å². The van der Waals surface area contributed by atoms with Crippen molar-refractivity contribution in [3.8, 4) is 0 Å². The molecule has 3 heterocycles. The minimum atomic E-state index is -0.533. The van der Waals surface area contributed by atoms with Crippen molar-refractivity contribution in [2.24, 2.45) is 5.92 Å². The average molecular weight is 628 g/mol. The summed E-state index contributed by atoms with van der Waals surface area (Å²) in [4.78, 5) is 41.0. The van der Waals surface area contributed by atoms with Crippen molar-refractivity contribution in [2.75, 3.05) is 26.2 Å². The highest BCUT2D eigenvalue weighted by Gasteiger charge is 2.33. The average Bonchev–Trinajstić information content (AvgIpc) is 3.32. The second-order valence-corrected chi connectivity index (χ2v) is 11.7.